The molecule has 0 spiro atoms. The number of aldehydes is 1. The van der Waals surface area contributed by atoms with Gasteiger partial charge in [0.05, 0.1) is 12.1 Å². The maximum Gasteiger partial charge on any atom is 0.251 e. The zero-order chi connectivity index (χ0) is 13.5. The van der Waals surface area contributed by atoms with Crippen molar-refractivity contribution in [3.63, 3.8) is 0 Å². The SMILES string of the molecule is C[C@H](O)[C@@H](O)[C@H](CC=O)NC(=O)c1ccccc1. The fraction of sp³-hybridized carbons (Fsp3) is 0.385. The first kappa shape index (κ1) is 14.3. The number of hydrogen-bond donors (Lipinski definition) is 3. The number of carbonyl (C=O) groups is 2. The van der Waals surface area contributed by atoms with Gasteiger partial charge in [0, 0.05) is 12.0 Å². The Balaban J connectivity index is 2.72. The first-order chi connectivity index (χ1) is 8.56. The summed E-state index contributed by atoms with van der Waals surface area (Å²) in [6.45, 7) is 1.40. The fourth-order valence-corrected chi connectivity index (χ4v) is 1.56. The molecule has 5 heteroatoms. The van der Waals surface area contributed by atoms with Crippen molar-refractivity contribution >= 4 is 12.2 Å². The molecule has 0 aliphatic carbocycles. The minimum atomic E-state index is -1.18. The summed E-state index contributed by atoms with van der Waals surface area (Å²) in [5.74, 6) is -0.387. The van der Waals surface area contributed by atoms with E-state index in [-0.39, 0.29) is 12.3 Å². The molecule has 0 heterocycles. The van der Waals surface area contributed by atoms with Gasteiger partial charge in [-0.2, -0.15) is 0 Å². The lowest BCUT2D eigenvalue weighted by molar-refractivity contribution is -0.109. The van der Waals surface area contributed by atoms with E-state index in [9.17, 15) is 19.8 Å². The average Bonchev–Trinajstić information content (AvgIpc) is 2.38. The second-order valence-corrected chi connectivity index (χ2v) is 4.08. The van der Waals surface area contributed by atoms with Crippen LogP contribution in [0.1, 0.15) is 23.7 Å². The summed E-state index contributed by atoms with van der Waals surface area (Å²) in [4.78, 5) is 22.4. The zero-order valence-electron chi connectivity index (χ0n) is 10.1. The third-order valence-electron chi connectivity index (χ3n) is 2.61. The van der Waals surface area contributed by atoms with Gasteiger partial charge in [0.25, 0.3) is 5.91 Å². The minimum absolute atomic E-state index is 0.0510. The predicted octanol–water partition coefficient (Wildman–Crippen LogP) is 0.116. The summed E-state index contributed by atoms with van der Waals surface area (Å²) in [5, 5.41) is 21.5. The van der Waals surface area contributed by atoms with Crippen molar-refractivity contribution in [3.05, 3.63) is 35.9 Å². The molecule has 98 valence electrons. The molecule has 0 aliphatic rings. The Morgan fingerprint density at radius 3 is 2.44 bits per heavy atom. The van der Waals surface area contributed by atoms with Gasteiger partial charge in [0.15, 0.2) is 0 Å². The highest BCUT2D eigenvalue weighted by Crippen LogP contribution is 2.05. The molecule has 0 saturated heterocycles. The molecule has 3 N–H and O–H groups in total. The number of rotatable bonds is 6. The van der Waals surface area contributed by atoms with Crippen molar-refractivity contribution in [1.29, 1.82) is 0 Å². The van der Waals surface area contributed by atoms with E-state index in [2.05, 4.69) is 5.32 Å². The van der Waals surface area contributed by atoms with Gasteiger partial charge in [-0.25, -0.2) is 0 Å². The fourth-order valence-electron chi connectivity index (χ4n) is 1.56. The van der Waals surface area contributed by atoms with Gasteiger partial charge >= 0.3 is 0 Å². The molecular formula is C13H17NO4. The molecule has 0 bridgehead atoms. The second kappa shape index (κ2) is 6.88. The Hall–Kier alpha value is -1.72. The summed E-state index contributed by atoms with van der Waals surface area (Å²) in [5.41, 5.74) is 0.436. The van der Waals surface area contributed by atoms with Crippen LogP contribution in [0, 0.1) is 0 Å². The second-order valence-electron chi connectivity index (χ2n) is 4.08. The lowest BCUT2D eigenvalue weighted by Gasteiger charge is -2.24. The molecular weight excluding hydrogens is 234 g/mol. The van der Waals surface area contributed by atoms with Gasteiger partial charge in [-0.3, -0.25) is 4.79 Å². The third-order valence-corrected chi connectivity index (χ3v) is 2.61. The van der Waals surface area contributed by atoms with Crippen LogP contribution in [0.4, 0.5) is 0 Å². The highest BCUT2D eigenvalue weighted by molar-refractivity contribution is 5.94. The van der Waals surface area contributed by atoms with Crippen LogP contribution in [-0.2, 0) is 4.79 Å². The highest BCUT2D eigenvalue weighted by atomic mass is 16.3. The molecule has 1 amide bonds. The third kappa shape index (κ3) is 3.94. The smallest absolute Gasteiger partial charge is 0.251 e. The number of hydrogen-bond acceptors (Lipinski definition) is 4. The van der Waals surface area contributed by atoms with Crippen LogP contribution in [0.5, 0.6) is 0 Å². The molecule has 0 saturated carbocycles. The number of nitrogens with one attached hydrogen (secondary N) is 1. The van der Waals surface area contributed by atoms with E-state index in [1.165, 1.54) is 6.92 Å². The van der Waals surface area contributed by atoms with Crippen molar-refractivity contribution in [1.82, 2.24) is 5.32 Å². The van der Waals surface area contributed by atoms with Crippen molar-refractivity contribution < 1.29 is 19.8 Å². The van der Waals surface area contributed by atoms with Crippen molar-refractivity contribution in [2.24, 2.45) is 0 Å². The van der Waals surface area contributed by atoms with Crippen LogP contribution in [0.3, 0.4) is 0 Å². The lowest BCUT2D eigenvalue weighted by atomic mass is 10.0. The maximum absolute atomic E-state index is 11.8. The number of carbonyl (C=O) groups excluding carboxylic acids is 2. The van der Waals surface area contributed by atoms with Gasteiger partial charge in [-0.05, 0) is 19.1 Å². The molecule has 0 radical (unpaired) electrons. The zero-order valence-corrected chi connectivity index (χ0v) is 10.1. The van der Waals surface area contributed by atoms with Crippen LogP contribution >= 0.6 is 0 Å². The monoisotopic (exact) mass is 251 g/mol. The van der Waals surface area contributed by atoms with E-state index in [0.717, 1.165) is 0 Å². The van der Waals surface area contributed by atoms with E-state index in [4.69, 9.17) is 0 Å². The highest BCUT2D eigenvalue weighted by Gasteiger charge is 2.25. The van der Waals surface area contributed by atoms with Crippen LogP contribution in [0.15, 0.2) is 30.3 Å². The quantitative estimate of drug-likeness (QED) is 0.627. The number of benzene rings is 1. The van der Waals surface area contributed by atoms with Gasteiger partial charge in [-0.1, -0.05) is 18.2 Å². The summed E-state index contributed by atoms with van der Waals surface area (Å²) in [6, 6.07) is 7.67. The Morgan fingerprint density at radius 1 is 1.33 bits per heavy atom. The molecule has 18 heavy (non-hydrogen) atoms. The van der Waals surface area contributed by atoms with Crippen molar-refractivity contribution in [2.75, 3.05) is 0 Å². The van der Waals surface area contributed by atoms with Crippen LogP contribution in [0.2, 0.25) is 0 Å². The van der Waals surface area contributed by atoms with E-state index < -0.39 is 18.2 Å². The van der Waals surface area contributed by atoms with Crippen LogP contribution < -0.4 is 5.32 Å². The van der Waals surface area contributed by atoms with Crippen molar-refractivity contribution in [2.45, 2.75) is 31.6 Å². The van der Waals surface area contributed by atoms with E-state index in [1.807, 2.05) is 0 Å². The normalized spacial score (nSPS) is 15.5. The molecule has 0 aliphatic heterocycles. The molecule has 5 nitrogen and oxygen atoms in total. The van der Waals surface area contributed by atoms with Gasteiger partial charge in [0.1, 0.15) is 12.4 Å². The summed E-state index contributed by atoms with van der Waals surface area (Å²) in [6.07, 6.45) is -1.65. The van der Waals surface area contributed by atoms with Crippen LogP contribution in [-0.4, -0.2) is 40.7 Å². The first-order valence-electron chi connectivity index (χ1n) is 5.72. The standard InChI is InChI=1S/C13H17NO4/c1-9(16)12(17)11(7-8-15)14-13(18)10-5-3-2-4-6-10/h2-6,8-9,11-12,16-17H,7H2,1H3,(H,14,18)/t9-,11-,12+/m0/s1. The van der Waals surface area contributed by atoms with Gasteiger partial charge in [-0.15, -0.1) is 0 Å². The molecule has 0 fully saturated rings. The first-order valence-corrected chi connectivity index (χ1v) is 5.72. The number of aliphatic hydroxyl groups is 2. The van der Waals surface area contributed by atoms with Crippen LogP contribution in [0.25, 0.3) is 0 Å². The molecule has 1 aromatic carbocycles. The van der Waals surface area contributed by atoms with Gasteiger partial charge < -0.3 is 20.3 Å². The van der Waals surface area contributed by atoms with Crippen molar-refractivity contribution in [3.8, 4) is 0 Å². The van der Waals surface area contributed by atoms with E-state index >= 15 is 0 Å². The average molecular weight is 251 g/mol. The minimum Gasteiger partial charge on any atom is -0.391 e. The topological polar surface area (TPSA) is 86.6 Å². The largest absolute Gasteiger partial charge is 0.391 e. The molecule has 0 unspecified atom stereocenters. The Kier molecular flexibility index (Phi) is 5.48. The molecule has 1 rings (SSSR count). The maximum atomic E-state index is 11.8. The Labute approximate surface area is 105 Å². The summed E-state index contributed by atoms with van der Waals surface area (Å²) >= 11 is 0. The lowest BCUT2D eigenvalue weighted by Crippen LogP contribution is -2.48. The van der Waals surface area contributed by atoms with Gasteiger partial charge in [0.2, 0.25) is 0 Å². The Bertz CT molecular complexity index is 391. The number of amides is 1. The molecule has 1 aromatic rings. The Morgan fingerprint density at radius 2 is 1.94 bits per heavy atom. The predicted molar refractivity (Wildman–Crippen MR) is 66.1 cm³/mol. The van der Waals surface area contributed by atoms with E-state index in [0.29, 0.717) is 11.8 Å². The number of aliphatic hydroxyl groups excluding tert-OH is 2. The molecule has 3 atom stereocenters. The molecule has 0 aromatic heterocycles. The summed E-state index contributed by atoms with van der Waals surface area (Å²) in [7, 11) is 0. The summed E-state index contributed by atoms with van der Waals surface area (Å²) < 4.78 is 0. The van der Waals surface area contributed by atoms with E-state index in [1.54, 1.807) is 30.3 Å².